The van der Waals surface area contributed by atoms with Crippen LogP contribution in [0.5, 0.6) is 0 Å². The van der Waals surface area contributed by atoms with Crippen molar-refractivity contribution in [3.05, 3.63) is 33.4 Å². The van der Waals surface area contributed by atoms with Gasteiger partial charge in [0.2, 0.25) is 0 Å². The number of hydrogen-bond donors (Lipinski definition) is 2. The highest BCUT2D eigenvalue weighted by Gasteiger charge is 2.29. The molecule has 0 saturated carbocycles. The van der Waals surface area contributed by atoms with Crippen molar-refractivity contribution < 1.29 is 14.3 Å². The van der Waals surface area contributed by atoms with E-state index in [0.717, 1.165) is 33.9 Å². The number of benzene rings is 1. The van der Waals surface area contributed by atoms with Crippen LogP contribution in [-0.2, 0) is 22.4 Å². The monoisotopic (exact) mass is 378 g/mol. The smallest absolute Gasteiger partial charge is 0.309 e. The number of H-pyrrole nitrogens is 1. The molecule has 1 aliphatic carbocycles. The maximum Gasteiger partial charge on any atom is 0.309 e. The highest BCUT2D eigenvalue weighted by atomic mass is 79.9. The van der Waals surface area contributed by atoms with Crippen molar-refractivity contribution in [2.24, 2.45) is 5.92 Å². The molecule has 122 valence electrons. The number of rotatable bonds is 3. The molecular formula is C17H19BrN2O3. The zero-order valence-corrected chi connectivity index (χ0v) is 14.7. The minimum atomic E-state index is -0.135. The highest BCUT2D eigenvalue weighted by Crippen LogP contribution is 2.35. The molecule has 1 aromatic carbocycles. The topological polar surface area (TPSA) is 71.2 Å². The fourth-order valence-corrected chi connectivity index (χ4v) is 3.73. The van der Waals surface area contributed by atoms with Crippen LogP contribution in [0.3, 0.4) is 0 Å². The number of hydrogen-bond acceptors (Lipinski definition) is 3. The van der Waals surface area contributed by atoms with E-state index in [0.29, 0.717) is 18.6 Å². The molecule has 1 atom stereocenters. The van der Waals surface area contributed by atoms with Crippen LogP contribution in [0.2, 0.25) is 0 Å². The Balaban J connectivity index is 2.04. The molecule has 0 radical (unpaired) electrons. The fraction of sp³-hybridized carbons (Fsp3) is 0.412. The number of ether oxygens (including phenoxy) is 1. The van der Waals surface area contributed by atoms with Gasteiger partial charge in [-0.15, -0.1) is 0 Å². The second-order valence-electron chi connectivity index (χ2n) is 5.73. The lowest BCUT2D eigenvalue weighted by Crippen LogP contribution is -2.24. The first-order valence-corrected chi connectivity index (χ1v) is 8.56. The number of fused-ring (bicyclic) bond motifs is 3. The maximum atomic E-state index is 12.1. The molecule has 0 saturated heterocycles. The largest absolute Gasteiger partial charge is 0.466 e. The normalized spacial score (nSPS) is 16.9. The SMILES string of the molecule is CCOC(=O)C1CCc2c([nH]c3c(C(=O)NC)cc(Br)cc23)C1. The molecule has 0 spiro atoms. The number of nitrogens with one attached hydrogen (secondary N) is 2. The molecule has 6 heteroatoms. The summed E-state index contributed by atoms with van der Waals surface area (Å²) in [5.74, 6) is -0.372. The Bertz CT molecular complexity index is 782. The third-order valence-electron chi connectivity index (χ3n) is 4.35. The van der Waals surface area contributed by atoms with Gasteiger partial charge in [-0.1, -0.05) is 15.9 Å². The predicted octanol–water partition coefficient (Wildman–Crippen LogP) is 2.96. The predicted molar refractivity (Wildman–Crippen MR) is 91.5 cm³/mol. The van der Waals surface area contributed by atoms with Crippen molar-refractivity contribution in [3.63, 3.8) is 0 Å². The van der Waals surface area contributed by atoms with Crippen LogP contribution in [0, 0.1) is 5.92 Å². The molecular weight excluding hydrogens is 360 g/mol. The highest BCUT2D eigenvalue weighted by molar-refractivity contribution is 9.10. The number of halogens is 1. The minimum Gasteiger partial charge on any atom is -0.466 e. The first-order chi connectivity index (χ1) is 11.0. The average Bonchev–Trinajstić information content (AvgIpc) is 2.91. The Hall–Kier alpha value is -1.82. The Morgan fingerprint density at radius 2 is 2.22 bits per heavy atom. The van der Waals surface area contributed by atoms with Crippen molar-refractivity contribution in [2.75, 3.05) is 13.7 Å². The van der Waals surface area contributed by atoms with E-state index in [-0.39, 0.29) is 17.8 Å². The molecule has 3 rings (SSSR count). The fourth-order valence-electron chi connectivity index (χ4n) is 3.27. The van der Waals surface area contributed by atoms with Crippen molar-refractivity contribution in [2.45, 2.75) is 26.2 Å². The van der Waals surface area contributed by atoms with Crippen LogP contribution in [0.1, 0.15) is 35.0 Å². The van der Waals surface area contributed by atoms with Gasteiger partial charge in [0, 0.05) is 29.0 Å². The number of aryl methyl sites for hydroxylation is 1. The van der Waals surface area contributed by atoms with Gasteiger partial charge in [-0.05, 0) is 37.5 Å². The second kappa shape index (κ2) is 6.35. The Morgan fingerprint density at radius 1 is 1.43 bits per heavy atom. The summed E-state index contributed by atoms with van der Waals surface area (Å²) in [6, 6.07) is 3.84. The van der Waals surface area contributed by atoms with E-state index >= 15 is 0 Å². The summed E-state index contributed by atoms with van der Waals surface area (Å²) in [6.45, 7) is 2.23. The molecule has 0 bridgehead atoms. The standard InChI is InChI=1S/C17H19BrN2O3/c1-3-23-17(22)9-4-5-11-12-7-10(18)8-13(16(21)19-2)15(12)20-14(11)6-9/h7-9,20H,3-6H2,1-2H3,(H,19,21). The van der Waals surface area contributed by atoms with Crippen LogP contribution < -0.4 is 5.32 Å². The number of esters is 1. The lowest BCUT2D eigenvalue weighted by molar-refractivity contribution is -0.148. The second-order valence-corrected chi connectivity index (χ2v) is 6.64. The van der Waals surface area contributed by atoms with Crippen LogP contribution in [0.4, 0.5) is 0 Å². The molecule has 1 amide bonds. The van der Waals surface area contributed by atoms with E-state index in [1.54, 1.807) is 7.05 Å². The van der Waals surface area contributed by atoms with E-state index in [2.05, 4.69) is 26.2 Å². The summed E-state index contributed by atoms with van der Waals surface area (Å²) in [4.78, 5) is 27.5. The lowest BCUT2D eigenvalue weighted by atomic mass is 9.87. The number of carbonyl (C=O) groups is 2. The van der Waals surface area contributed by atoms with E-state index in [9.17, 15) is 9.59 Å². The maximum absolute atomic E-state index is 12.1. The molecule has 2 N–H and O–H groups in total. The molecule has 1 heterocycles. The van der Waals surface area contributed by atoms with Crippen molar-refractivity contribution in [1.29, 1.82) is 0 Å². The van der Waals surface area contributed by atoms with Crippen LogP contribution in [0.15, 0.2) is 16.6 Å². The van der Waals surface area contributed by atoms with Gasteiger partial charge in [-0.2, -0.15) is 0 Å². The summed E-state index contributed by atoms with van der Waals surface area (Å²) in [5, 5.41) is 3.72. The summed E-state index contributed by atoms with van der Waals surface area (Å²) < 4.78 is 6.02. The van der Waals surface area contributed by atoms with Gasteiger partial charge in [0.15, 0.2) is 0 Å². The number of aromatic nitrogens is 1. The quantitative estimate of drug-likeness (QED) is 0.806. The summed E-state index contributed by atoms with van der Waals surface area (Å²) >= 11 is 3.48. The van der Waals surface area contributed by atoms with Gasteiger partial charge in [0.05, 0.1) is 23.6 Å². The van der Waals surface area contributed by atoms with Gasteiger partial charge < -0.3 is 15.0 Å². The van der Waals surface area contributed by atoms with Crippen molar-refractivity contribution in [1.82, 2.24) is 10.3 Å². The lowest BCUT2D eigenvalue weighted by Gasteiger charge is -2.20. The van der Waals surface area contributed by atoms with Gasteiger partial charge in [0.25, 0.3) is 5.91 Å². The molecule has 1 aliphatic rings. The first-order valence-electron chi connectivity index (χ1n) is 7.76. The molecule has 23 heavy (non-hydrogen) atoms. The minimum absolute atomic E-state index is 0.109. The van der Waals surface area contributed by atoms with Crippen LogP contribution in [0.25, 0.3) is 10.9 Å². The van der Waals surface area contributed by atoms with E-state index in [1.807, 2.05) is 19.1 Å². The first kappa shape index (κ1) is 16.1. The van der Waals surface area contributed by atoms with Gasteiger partial charge in [0.1, 0.15) is 0 Å². The van der Waals surface area contributed by atoms with E-state index in [4.69, 9.17) is 4.74 Å². The molecule has 1 unspecified atom stereocenters. The number of amides is 1. The molecule has 2 aromatic rings. The van der Waals surface area contributed by atoms with Gasteiger partial charge in [-0.3, -0.25) is 9.59 Å². The Labute approximate surface area is 142 Å². The summed E-state index contributed by atoms with van der Waals surface area (Å²) in [5.41, 5.74) is 3.68. The van der Waals surface area contributed by atoms with E-state index in [1.165, 1.54) is 5.56 Å². The number of carbonyl (C=O) groups excluding carboxylic acids is 2. The molecule has 0 fully saturated rings. The third-order valence-corrected chi connectivity index (χ3v) is 4.81. The molecule has 0 aliphatic heterocycles. The molecule has 1 aromatic heterocycles. The Kier molecular flexibility index (Phi) is 4.43. The van der Waals surface area contributed by atoms with Gasteiger partial charge in [-0.25, -0.2) is 0 Å². The molecule has 5 nitrogen and oxygen atoms in total. The summed E-state index contributed by atoms with van der Waals surface area (Å²) in [7, 11) is 1.62. The van der Waals surface area contributed by atoms with Crippen molar-refractivity contribution in [3.8, 4) is 0 Å². The third kappa shape index (κ3) is 2.87. The average molecular weight is 379 g/mol. The van der Waals surface area contributed by atoms with E-state index < -0.39 is 0 Å². The zero-order valence-electron chi connectivity index (χ0n) is 13.2. The van der Waals surface area contributed by atoms with Crippen LogP contribution >= 0.6 is 15.9 Å². The van der Waals surface area contributed by atoms with Crippen molar-refractivity contribution >= 4 is 38.7 Å². The number of aromatic amines is 1. The van der Waals surface area contributed by atoms with Gasteiger partial charge >= 0.3 is 5.97 Å². The zero-order chi connectivity index (χ0) is 16.6. The summed E-state index contributed by atoms with van der Waals surface area (Å²) in [6.07, 6.45) is 2.22. The Morgan fingerprint density at radius 3 is 2.91 bits per heavy atom. The van der Waals surface area contributed by atoms with Crippen LogP contribution in [-0.4, -0.2) is 30.5 Å².